The molecule has 0 saturated carbocycles. The molecule has 0 atom stereocenters. The molecule has 18 heavy (non-hydrogen) atoms. The van der Waals surface area contributed by atoms with Gasteiger partial charge in [-0.05, 0) is 13.8 Å². The summed E-state index contributed by atoms with van der Waals surface area (Å²) < 4.78 is 62.2. The van der Waals surface area contributed by atoms with Crippen LogP contribution in [0.1, 0.15) is 19.9 Å². The van der Waals surface area contributed by atoms with Gasteiger partial charge in [-0.25, -0.2) is 4.68 Å². The lowest BCUT2D eigenvalue weighted by Crippen LogP contribution is -2.30. The summed E-state index contributed by atoms with van der Waals surface area (Å²) in [4.78, 5) is 11.2. The van der Waals surface area contributed by atoms with E-state index in [9.17, 15) is 26.4 Å². The Hall–Kier alpha value is -1.58. The summed E-state index contributed by atoms with van der Waals surface area (Å²) >= 11 is 0. The first kappa shape index (κ1) is 14.5. The number of alkyl halides is 3. The maximum atomic E-state index is 12.0. The summed E-state index contributed by atoms with van der Waals surface area (Å²) in [6, 6.07) is 1.17. The van der Waals surface area contributed by atoms with Gasteiger partial charge in [0.2, 0.25) is 0 Å². The van der Waals surface area contributed by atoms with Crippen molar-refractivity contribution in [3.8, 4) is 5.88 Å². The van der Waals surface area contributed by atoms with Gasteiger partial charge in [0.15, 0.2) is 0 Å². The van der Waals surface area contributed by atoms with Gasteiger partial charge in [-0.3, -0.25) is 4.79 Å². The number of hydrogen-bond donors (Lipinski definition) is 0. The Morgan fingerprint density at radius 2 is 1.89 bits per heavy atom. The fourth-order valence-electron chi connectivity index (χ4n) is 0.982. The first-order valence-corrected chi connectivity index (χ1v) is 6.06. The lowest BCUT2D eigenvalue weighted by atomic mass is 10.4. The van der Waals surface area contributed by atoms with Crippen molar-refractivity contribution in [2.75, 3.05) is 0 Å². The van der Waals surface area contributed by atoms with Crippen molar-refractivity contribution in [1.82, 2.24) is 9.78 Å². The average Bonchev–Trinajstić information content (AvgIpc) is 2.18. The fraction of sp³-hybridized carbons (Fsp3) is 0.500. The molecule has 10 heteroatoms. The van der Waals surface area contributed by atoms with Gasteiger partial charge in [-0.15, -0.1) is 5.10 Å². The minimum Gasteiger partial charge on any atom is -0.354 e. The van der Waals surface area contributed by atoms with E-state index in [-0.39, 0.29) is 0 Å². The van der Waals surface area contributed by atoms with Gasteiger partial charge in [-0.2, -0.15) is 21.6 Å². The van der Waals surface area contributed by atoms with Crippen molar-refractivity contribution in [1.29, 1.82) is 0 Å². The average molecular weight is 286 g/mol. The molecule has 0 fully saturated rings. The van der Waals surface area contributed by atoms with Gasteiger partial charge in [0.25, 0.3) is 11.4 Å². The van der Waals surface area contributed by atoms with Gasteiger partial charge in [-0.1, -0.05) is 0 Å². The minimum atomic E-state index is -5.78. The quantitative estimate of drug-likeness (QED) is 0.613. The number of hydrogen-bond acceptors (Lipinski definition) is 5. The van der Waals surface area contributed by atoms with Crippen LogP contribution in [0.5, 0.6) is 5.88 Å². The number of halogens is 3. The highest BCUT2D eigenvalue weighted by atomic mass is 32.2. The molecule has 1 heterocycles. The van der Waals surface area contributed by atoms with E-state index in [4.69, 9.17) is 0 Å². The first-order chi connectivity index (χ1) is 8.04. The van der Waals surface area contributed by atoms with Crippen molar-refractivity contribution < 1.29 is 25.8 Å². The molecule has 6 nitrogen and oxygen atoms in total. The molecule has 0 amide bonds. The third-order valence-electron chi connectivity index (χ3n) is 1.77. The van der Waals surface area contributed by atoms with Crippen LogP contribution >= 0.6 is 0 Å². The zero-order valence-corrected chi connectivity index (χ0v) is 10.1. The van der Waals surface area contributed by atoms with Gasteiger partial charge in [0, 0.05) is 12.1 Å². The van der Waals surface area contributed by atoms with Crippen molar-refractivity contribution in [3.05, 3.63) is 22.5 Å². The van der Waals surface area contributed by atoms with Crippen LogP contribution < -0.4 is 9.74 Å². The summed E-state index contributed by atoms with van der Waals surface area (Å²) in [7, 11) is -5.78. The van der Waals surface area contributed by atoms with Crippen LogP contribution in [0.4, 0.5) is 13.2 Å². The van der Waals surface area contributed by atoms with E-state index in [0.717, 1.165) is 16.8 Å². The molecule has 0 spiro atoms. The molecule has 0 aliphatic rings. The summed E-state index contributed by atoms with van der Waals surface area (Å²) in [5.74, 6) is -0.819. The van der Waals surface area contributed by atoms with E-state index < -0.39 is 33.1 Å². The maximum Gasteiger partial charge on any atom is 0.534 e. The third-order valence-corrected chi connectivity index (χ3v) is 2.73. The Morgan fingerprint density at radius 3 is 2.33 bits per heavy atom. The first-order valence-electron chi connectivity index (χ1n) is 4.65. The van der Waals surface area contributed by atoms with Gasteiger partial charge >= 0.3 is 15.6 Å². The second kappa shape index (κ2) is 4.59. The van der Waals surface area contributed by atoms with Gasteiger partial charge in [0.1, 0.15) is 0 Å². The topological polar surface area (TPSA) is 78.3 Å². The summed E-state index contributed by atoms with van der Waals surface area (Å²) in [6.45, 7) is 3.10. The number of aromatic nitrogens is 2. The highest BCUT2D eigenvalue weighted by molar-refractivity contribution is 7.87. The fourth-order valence-corrected chi connectivity index (χ4v) is 1.39. The van der Waals surface area contributed by atoms with Crippen LogP contribution in [0.15, 0.2) is 16.9 Å². The standard InChI is InChI=1S/C8H9F3N2O4S/c1-5(2)13-7(14)4-3-6(12-13)17-18(15,16)8(9,10)11/h3-5H,1-2H3. The Kier molecular flexibility index (Phi) is 3.70. The molecule has 102 valence electrons. The molecule has 0 aliphatic heterocycles. The minimum absolute atomic E-state index is 0.449. The van der Waals surface area contributed by atoms with E-state index in [1.807, 2.05) is 0 Å². The predicted octanol–water partition coefficient (Wildman–Crippen LogP) is 1.05. The van der Waals surface area contributed by atoms with Crippen molar-refractivity contribution in [2.45, 2.75) is 25.4 Å². The molecule has 0 aliphatic carbocycles. The molecule has 0 saturated heterocycles. The largest absolute Gasteiger partial charge is 0.534 e. The van der Waals surface area contributed by atoms with E-state index in [2.05, 4.69) is 9.28 Å². The molecule has 0 radical (unpaired) electrons. The SMILES string of the molecule is CC(C)n1nc(OS(=O)(=O)C(F)(F)F)ccc1=O. The molecule has 1 aromatic heterocycles. The Morgan fingerprint density at radius 1 is 1.33 bits per heavy atom. The van der Waals surface area contributed by atoms with Crippen molar-refractivity contribution in [3.63, 3.8) is 0 Å². The molecule has 0 bridgehead atoms. The highest BCUT2D eigenvalue weighted by Gasteiger charge is 2.48. The zero-order valence-electron chi connectivity index (χ0n) is 9.30. The zero-order chi connectivity index (χ0) is 14.1. The van der Waals surface area contributed by atoms with E-state index >= 15 is 0 Å². The van der Waals surface area contributed by atoms with Crippen LogP contribution in [0, 0.1) is 0 Å². The molecule has 0 N–H and O–H groups in total. The molecular weight excluding hydrogens is 277 g/mol. The number of rotatable bonds is 3. The summed E-state index contributed by atoms with van der Waals surface area (Å²) in [5, 5.41) is 3.37. The Bertz CT molecular complexity index is 591. The predicted molar refractivity (Wildman–Crippen MR) is 54.5 cm³/mol. The van der Waals surface area contributed by atoms with E-state index in [0.29, 0.717) is 0 Å². The van der Waals surface area contributed by atoms with Crippen LogP contribution in [0.25, 0.3) is 0 Å². The molecule has 1 aromatic rings. The molecule has 0 unspecified atom stereocenters. The normalized spacial score (nSPS) is 12.8. The van der Waals surface area contributed by atoms with Crippen molar-refractivity contribution >= 4 is 10.1 Å². The van der Waals surface area contributed by atoms with Crippen LogP contribution in [0.2, 0.25) is 0 Å². The maximum absolute atomic E-state index is 12.0. The second-order valence-electron chi connectivity index (χ2n) is 3.53. The van der Waals surface area contributed by atoms with Gasteiger partial charge in [0.05, 0.1) is 6.04 Å². The van der Waals surface area contributed by atoms with Gasteiger partial charge < -0.3 is 4.18 Å². The molecular formula is C8H9F3N2O4S. The second-order valence-corrected chi connectivity index (χ2v) is 5.07. The Labute approximate surface area is 100 Å². The van der Waals surface area contributed by atoms with E-state index in [1.165, 1.54) is 0 Å². The Balaban J connectivity index is 3.15. The van der Waals surface area contributed by atoms with Crippen LogP contribution in [-0.2, 0) is 10.1 Å². The monoisotopic (exact) mass is 286 g/mol. The summed E-state index contributed by atoms with van der Waals surface area (Å²) in [5.41, 5.74) is -6.13. The number of nitrogens with zero attached hydrogens (tertiary/aromatic N) is 2. The van der Waals surface area contributed by atoms with Crippen molar-refractivity contribution in [2.24, 2.45) is 0 Å². The van der Waals surface area contributed by atoms with E-state index in [1.54, 1.807) is 13.8 Å². The molecule has 0 aromatic carbocycles. The third kappa shape index (κ3) is 3.00. The lowest BCUT2D eigenvalue weighted by molar-refractivity contribution is -0.0501. The molecule has 1 rings (SSSR count). The smallest absolute Gasteiger partial charge is 0.354 e. The summed E-state index contributed by atoms with van der Waals surface area (Å²) in [6.07, 6.45) is 0. The van der Waals surface area contributed by atoms with Crippen LogP contribution in [0.3, 0.4) is 0 Å². The van der Waals surface area contributed by atoms with Crippen LogP contribution in [-0.4, -0.2) is 23.7 Å². The lowest BCUT2D eigenvalue weighted by Gasteiger charge is -2.11. The highest BCUT2D eigenvalue weighted by Crippen LogP contribution is 2.25.